The van der Waals surface area contributed by atoms with Crippen molar-refractivity contribution in [2.45, 2.75) is 6.42 Å². The van der Waals surface area contributed by atoms with Gasteiger partial charge < -0.3 is 9.32 Å². The molecule has 0 saturated carbocycles. The van der Waals surface area contributed by atoms with Crippen LogP contribution in [0.2, 0.25) is 0 Å². The SMILES string of the molecule is CP(=O)(CCC=O)OCCCl. The molecule has 0 aliphatic carbocycles. The third kappa shape index (κ3) is 6.54. The highest BCUT2D eigenvalue weighted by molar-refractivity contribution is 7.58. The summed E-state index contributed by atoms with van der Waals surface area (Å²) in [5.41, 5.74) is 0. The molecule has 66 valence electrons. The first kappa shape index (κ1) is 11.2. The first-order valence-corrected chi connectivity index (χ1v) is 6.12. The zero-order valence-electron chi connectivity index (χ0n) is 6.46. The van der Waals surface area contributed by atoms with Crippen LogP contribution in [0.25, 0.3) is 0 Å². The summed E-state index contributed by atoms with van der Waals surface area (Å²) in [6.07, 6.45) is 1.34. The van der Waals surface area contributed by atoms with Gasteiger partial charge in [-0.3, -0.25) is 4.57 Å². The molecule has 0 radical (unpaired) electrons. The number of hydrogen-bond donors (Lipinski definition) is 0. The van der Waals surface area contributed by atoms with Crippen LogP contribution in [0, 0.1) is 0 Å². The molecule has 0 fully saturated rings. The molecule has 0 aliphatic rings. The fraction of sp³-hybridized carbons (Fsp3) is 0.833. The third-order valence-electron chi connectivity index (χ3n) is 1.09. The van der Waals surface area contributed by atoms with E-state index in [4.69, 9.17) is 16.1 Å². The van der Waals surface area contributed by atoms with Crippen LogP contribution in [0.15, 0.2) is 0 Å². The molecule has 0 spiro atoms. The molecule has 0 saturated heterocycles. The van der Waals surface area contributed by atoms with Crippen LogP contribution in [-0.4, -0.2) is 31.6 Å². The second-order valence-corrected chi connectivity index (χ2v) is 5.33. The van der Waals surface area contributed by atoms with Gasteiger partial charge in [-0.05, 0) is 0 Å². The Morgan fingerprint density at radius 2 is 2.27 bits per heavy atom. The van der Waals surface area contributed by atoms with Crippen molar-refractivity contribution in [2.24, 2.45) is 0 Å². The van der Waals surface area contributed by atoms with Crippen molar-refractivity contribution in [3.8, 4) is 0 Å². The largest absolute Gasteiger partial charge is 0.327 e. The van der Waals surface area contributed by atoms with E-state index in [1.54, 1.807) is 0 Å². The number of alkyl halides is 1. The Kier molecular flexibility index (Phi) is 5.83. The van der Waals surface area contributed by atoms with Gasteiger partial charge in [0.05, 0.1) is 6.61 Å². The van der Waals surface area contributed by atoms with Gasteiger partial charge >= 0.3 is 0 Å². The van der Waals surface area contributed by atoms with Gasteiger partial charge in [-0.15, -0.1) is 11.6 Å². The number of carbonyl (C=O) groups excluding carboxylic acids is 1. The first-order chi connectivity index (χ1) is 5.12. The summed E-state index contributed by atoms with van der Waals surface area (Å²) >= 11 is 5.33. The standard InChI is InChI=1S/C6H12ClO3P/c1-11(9,6-2-4-8)10-5-3-7/h4H,2-3,5-6H2,1H3. The van der Waals surface area contributed by atoms with Crippen LogP contribution in [0.5, 0.6) is 0 Å². The van der Waals surface area contributed by atoms with Gasteiger partial charge in [-0.1, -0.05) is 0 Å². The maximum absolute atomic E-state index is 11.3. The van der Waals surface area contributed by atoms with Gasteiger partial charge in [0, 0.05) is 25.1 Å². The average molecular weight is 199 g/mol. The van der Waals surface area contributed by atoms with Crippen molar-refractivity contribution in [2.75, 3.05) is 25.3 Å². The van der Waals surface area contributed by atoms with Crippen LogP contribution in [0.4, 0.5) is 0 Å². The Hall–Kier alpha value is 0.150. The second kappa shape index (κ2) is 5.76. The minimum absolute atomic E-state index is 0.286. The summed E-state index contributed by atoms with van der Waals surface area (Å²) in [5, 5.41) is 0. The van der Waals surface area contributed by atoms with E-state index < -0.39 is 7.37 Å². The molecule has 11 heavy (non-hydrogen) atoms. The van der Waals surface area contributed by atoms with Gasteiger partial charge in [0.1, 0.15) is 6.29 Å². The van der Waals surface area contributed by atoms with Crippen molar-refractivity contribution in [1.29, 1.82) is 0 Å². The van der Waals surface area contributed by atoms with E-state index in [-0.39, 0.29) is 13.0 Å². The van der Waals surface area contributed by atoms with E-state index in [0.29, 0.717) is 12.0 Å². The van der Waals surface area contributed by atoms with Crippen molar-refractivity contribution < 1.29 is 13.9 Å². The highest BCUT2D eigenvalue weighted by Crippen LogP contribution is 2.42. The van der Waals surface area contributed by atoms with Crippen molar-refractivity contribution in [1.82, 2.24) is 0 Å². The molecule has 0 aromatic rings. The monoisotopic (exact) mass is 198 g/mol. The Morgan fingerprint density at radius 3 is 2.73 bits per heavy atom. The van der Waals surface area contributed by atoms with Crippen molar-refractivity contribution in [3.63, 3.8) is 0 Å². The molecular formula is C6H12ClO3P. The summed E-state index contributed by atoms with van der Waals surface area (Å²) in [6.45, 7) is 1.80. The molecular weight excluding hydrogens is 186 g/mol. The summed E-state index contributed by atoms with van der Waals surface area (Å²) in [6, 6.07) is 0. The normalized spacial score (nSPS) is 15.8. The quantitative estimate of drug-likeness (QED) is 0.371. The molecule has 0 aromatic heterocycles. The van der Waals surface area contributed by atoms with Gasteiger partial charge in [0.25, 0.3) is 0 Å². The van der Waals surface area contributed by atoms with Crippen LogP contribution in [-0.2, 0) is 13.9 Å². The van der Waals surface area contributed by atoms with Gasteiger partial charge in [0.2, 0.25) is 7.37 Å². The molecule has 0 rings (SSSR count). The smallest absolute Gasteiger partial charge is 0.200 e. The first-order valence-electron chi connectivity index (χ1n) is 3.33. The predicted octanol–water partition coefficient (Wildman–Crippen LogP) is 1.74. The van der Waals surface area contributed by atoms with Crippen LogP contribution in [0.3, 0.4) is 0 Å². The van der Waals surface area contributed by atoms with Crippen LogP contribution in [0.1, 0.15) is 6.42 Å². The van der Waals surface area contributed by atoms with Crippen LogP contribution >= 0.6 is 19.0 Å². The number of aldehydes is 1. The zero-order chi connectivity index (χ0) is 8.74. The fourth-order valence-corrected chi connectivity index (χ4v) is 1.95. The fourth-order valence-electron chi connectivity index (χ4n) is 0.579. The van der Waals surface area contributed by atoms with E-state index >= 15 is 0 Å². The molecule has 0 amide bonds. The van der Waals surface area contributed by atoms with E-state index in [1.807, 2.05) is 0 Å². The predicted molar refractivity (Wildman–Crippen MR) is 45.8 cm³/mol. The highest BCUT2D eigenvalue weighted by Gasteiger charge is 2.13. The number of rotatable bonds is 6. The maximum Gasteiger partial charge on any atom is 0.200 e. The van der Waals surface area contributed by atoms with E-state index in [2.05, 4.69) is 0 Å². The van der Waals surface area contributed by atoms with Crippen LogP contribution < -0.4 is 0 Å². The third-order valence-corrected chi connectivity index (χ3v) is 3.05. The minimum atomic E-state index is -2.54. The summed E-state index contributed by atoms with van der Waals surface area (Å²) in [4.78, 5) is 9.92. The molecule has 0 aromatic carbocycles. The lowest BCUT2D eigenvalue weighted by molar-refractivity contribution is -0.107. The van der Waals surface area contributed by atoms with Crippen molar-refractivity contribution >= 4 is 25.3 Å². The average Bonchev–Trinajstić information content (AvgIpc) is 1.97. The molecule has 5 heteroatoms. The lowest BCUT2D eigenvalue weighted by Crippen LogP contribution is -1.97. The van der Waals surface area contributed by atoms with E-state index in [0.717, 1.165) is 6.29 Å². The molecule has 0 heterocycles. The molecule has 0 N–H and O–H groups in total. The molecule has 0 aliphatic heterocycles. The maximum atomic E-state index is 11.3. The highest BCUT2D eigenvalue weighted by atomic mass is 35.5. The Bertz CT molecular complexity index is 160. The Morgan fingerprint density at radius 1 is 1.64 bits per heavy atom. The van der Waals surface area contributed by atoms with E-state index in [1.165, 1.54) is 6.66 Å². The Balaban J connectivity index is 3.61. The molecule has 3 nitrogen and oxygen atoms in total. The summed E-state index contributed by atoms with van der Waals surface area (Å²) in [5.74, 6) is 0.332. The summed E-state index contributed by atoms with van der Waals surface area (Å²) < 4.78 is 16.2. The number of carbonyl (C=O) groups is 1. The second-order valence-electron chi connectivity index (χ2n) is 2.22. The lowest BCUT2D eigenvalue weighted by atomic mass is 10.6. The van der Waals surface area contributed by atoms with Gasteiger partial charge in [-0.25, -0.2) is 0 Å². The summed E-state index contributed by atoms with van der Waals surface area (Å²) in [7, 11) is -2.54. The van der Waals surface area contributed by atoms with Crippen molar-refractivity contribution in [3.05, 3.63) is 0 Å². The lowest BCUT2D eigenvalue weighted by Gasteiger charge is -2.10. The van der Waals surface area contributed by atoms with E-state index in [9.17, 15) is 9.36 Å². The molecule has 0 bridgehead atoms. The Labute approximate surface area is 71.5 Å². The van der Waals surface area contributed by atoms with Gasteiger partial charge in [-0.2, -0.15) is 0 Å². The number of hydrogen-bond acceptors (Lipinski definition) is 3. The molecule has 1 unspecified atom stereocenters. The topological polar surface area (TPSA) is 43.4 Å². The van der Waals surface area contributed by atoms with Gasteiger partial charge in [0.15, 0.2) is 0 Å². The number of halogens is 1. The zero-order valence-corrected chi connectivity index (χ0v) is 8.11. The minimum Gasteiger partial charge on any atom is -0.327 e. The molecule has 1 atom stereocenters.